The van der Waals surface area contributed by atoms with Gasteiger partial charge < -0.3 is 20.1 Å². The number of fused-ring (bicyclic) bond motifs is 1. The molecule has 8 nitrogen and oxygen atoms in total. The molecular formula is C32H35N5O3S. The first-order chi connectivity index (χ1) is 19.9. The molecule has 0 saturated heterocycles. The molecule has 0 spiro atoms. The quantitative estimate of drug-likeness (QED) is 0.201. The Morgan fingerprint density at radius 2 is 1.83 bits per heavy atom. The molecule has 1 aliphatic rings. The van der Waals surface area contributed by atoms with Crippen molar-refractivity contribution in [3.05, 3.63) is 100 Å². The fourth-order valence-corrected chi connectivity index (χ4v) is 5.41. The smallest absolute Gasteiger partial charge is 0.255 e. The van der Waals surface area contributed by atoms with Crippen molar-refractivity contribution in [3.63, 3.8) is 0 Å². The van der Waals surface area contributed by atoms with Crippen molar-refractivity contribution in [2.45, 2.75) is 52.4 Å². The first-order valence-electron chi connectivity index (χ1n) is 13.8. The van der Waals surface area contributed by atoms with Crippen LogP contribution >= 0.6 is 11.8 Å². The van der Waals surface area contributed by atoms with Crippen LogP contribution in [-0.4, -0.2) is 33.0 Å². The van der Waals surface area contributed by atoms with Gasteiger partial charge in [0.15, 0.2) is 11.5 Å². The molecule has 0 saturated carbocycles. The number of rotatable bonds is 10. The van der Waals surface area contributed by atoms with Gasteiger partial charge in [-0.05, 0) is 80.0 Å². The maximum Gasteiger partial charge on any atom is 0.255 e. The number of carbonyl (C=O) groups excluding carboxylic acids is 1. The lowest BCUT2D eigenvalue weighted by molar-refractivity contribution is -0.113. The predicted octanol–water partition coefficient (Wildman–Crippen LogP) is 6.91. The molecule has 1 aliphatic heterocycles. The number of aryl methyl sites for hydroxylation is 2. The van der Waals surface area contributed by atoms with Gasteiger partial charge in [-0.2, -0.15) is 4.98 Å². The summed E-state index contributed by atoms with van der Waals surface area (Å²) in [5, 5.41) is 11.8. The molecule has 0 fully saturated rings. The summed E-state index contributed by atoms with van der Waals surface area (Å²) in [4.78, 5) is 18.5. The third kappa shape index (κ3) is 6.25. The van der Waals surface area contributed by atoms with Crippen molar-refractivity contribution in [2.75, 3.05) is 23.0 Å². The number of thioether (sulfide) groups is 1. The van der Waals surface area contributed by atoms with Crippen LogP contribution in [0.2, 0.25) is 0 Å². The second-order valence-electron chi connectivity index (χ2n) is 9.84. The number of amides is 1. The van der Waals surface area contributed by atoms with Crippen molar-refractivity contribution in [2.24, 2.45) is 0 Å². The molecule has 3 aromatic carbocycles. The summed E-state index contributed by atoms with van der Waals surface area (Å²) in [5.41, 5.74) is 6.18. The Morgan fingerprint density at radius 3 is 2.59 bits per heavy atom. The van der Waals surface area contributed by atoms with Crippen LogP contribution in [0.15, 0.2) is 83.2 Å². The number of hydrogen-bond donors (Lipinski definition) is 2. The van der Waals surface area contributed by atoms with E-state index >= 15 is 0 Å². The van der Waals surface area contributed by atoms with Gasteiger partial charge in [0, 0.05) is 11.4 Å². The van der Waals surface area contributed by atoms with E-state index in [4.69, 9.17) is 14.6 Å². The number of anilines is 2. The average Bonchev–Trinajstić information content (AvgIpc) is 3.34. The number of nitrogens with zero attached hydrogens (tertiary/aromatic N) is 3. The summed E-state index contributed by atoms with van der Waals surface area (Å²) >= 11 is 1.55. The molecule has 2 heterocycles. The third-order valence-corrected chi connectivity index (χ3v) is 7.57. The van der Waals surface area contributed by atoms with Crippen LogP contribution in [0.5, 0.6) is 11.5 Å². The predicted molar refractivity (Wildman–Crippen MR) is 164 cm³/mol. The van der Waals surface area contributed by atoms with E-state index in [9.17, 15) is 4.79 Å². The number of allylic oxidation sites excluding steroid dienone is 1. The van der Waals surface area contributed by atoms with E-state index in [0.717, 1.165) is 28.1 Å². The molecular weight excluding hydrogens is 534 g/mol. The third-order valence-electron chi connectivity index (χ3n) is 6.85. The summed E-state index contributed by atoms with van der Waals surface area (Å²) in [6.45, 7) is 10.9. The standard InChI is InChI=1S/C32H35N5O3S/c1-6-39-27-18-23(15-16-26(27)40-19-24-13-9-8-12-21(24)4)29-28(30(38)34-25-14-10-11-20(3)17-25)22(5)33-31-35-32(41-7-2)36-37(29)31/h8-18,29H,6-7,19H2,1-5H3,(H,34,38)(H,33,35,36). The Bertz CT molecular complexity index is 1600. The van der Waals surface area contributed by atoms with E-state index in [0.29, 0.717) is 47.1 Å². The van der Waals surface area contributed by atoms with Crippen molar-refractivity contribution in [1.82, 2.24) is 14.8 Å². The largest absolute Gasteiger partial charge is 0.490 e. The monoisotopic (exact) mass is 569 g/mol. The van der Waals surface area contributed by atoms with Gasteiger partial charge in [-0.3, -0.25) is 4.79 Å². The highest BCUT2D eigenvalue weighted by atomic mass is 32.2. The average molecular weight is 570 g/mol. The van der Waals surface area contributed by atoms with Gasteiger partial charge in [0.1, 0.15) is 12.6 Å². The normalized spacial score (nSPS) is 14.3. The minimum absolute atomic E-state index is 0.214. The fraction of sp³-hybridized carbons (Fsp3) is 0.281. The number of benzene rings is 3. The zero-order valence-electron chi connectivity index (χ0n) is 24.0. The Labute approximate surface area is 245 Å². The van der Waals surface area contributed by atoms with Gasteiger partial charge in [-0.15, -0.1) is 5.10 Å². The van der Waals surface area contributed by atoms with Crippen molar-refractivity contribution < 1.29 is 14.3 Å². The minimum atomic E-state index is -0.528. The number of hydrogen-bond acceptors (Lipinski definition) is 7. The Morgan fingerprint density at radius 1 is 1.00 bits per heavy atom. The highest BCUT2D eigenvalue weighted by Gasteiger charge is 2.35. The molecule has 1 aromatic heterocycles. The molecule has 5 rings (SSSR count). The number of ether oxygens (including phenoxy) is 2. The highest BCUT2D eigenvalue weighted by Crippen LogP contribution is 2.40. The first kappa shape index (κ1) is 28.3. The molecule has 4 aromatic rings. The molecule has 2 N–H and O–H groups in total. The van der Waals surface area contributed by atoms with Gasteiger partial charge in [-0.25, -0.2) is 4.68 Å². The Balaban J connectivity index is 1.54. The number of carbonyl (C=O) groups is 1. The zero-order chi connectivity index (χ0) is 28.9. The Kier molecular flexibility index (Phi) is 8.64. The van der Waals surface area contributed by atoms with Crippen LogP contribution in [0.25, 0.3) is 0 Å². The molecule has 0 bridgehead atoms. The molecule has 1 amide bonds. The lowest BCUT2D eigenvalue weighted by atomic mass is 9.94. The second-order valence-corrected chi connectivity index (χ2v) is 11.1. The topological polar surface area (TPSA) is 90.3 Å². The first-order valence-corrected chi connectivity index (χ1v) is 14.8. The van der Waals surface area contributed by atoms with E-state index < -0.39 is 6.04 Å². The maximum absolute atomic E-state index is 13.9. The maximum atomic E-state index is 13.9. The van der Waals surface area contributed by atoms with Crippen LogP contribution in [0.3, 0.4) is 0 Å². The Hall–Kier alpha value is -4.24. The van der Waals surface area contributed by atoms with E-state index in [2.05, 4.69) is 41.6 Å². The van der Waals surface area contributed by atoms with Crippen LogP contribution < -0.4 is 20.1 Å². The number of nitrogens with one attached hydrogen (secondary N) is 2. The molecule has 0 aliphatic carbocycles. The molecule has 41 heavy (non-hydrogen) atoms. The second kappa shape index (κ2) is 12.5. The lowest BCUT2D eigenvalue weighted by Crippen LogP contribution is -2.31. The summed E-state index contributed by atoms with van der Waals surface area (Å²) in [7, 11) is 0. The zero-order valence-corrected chi connectivity index (χ0v) is 24.8. The molecule has 1 unspecified atom stereocenters. The van der Waals surface area contributed by atoms with Crippen molar-refractivity contribution in [1.29, 1.82) is 0 Å². The highest BCUT2D eigenvalue weighted by molar-refractivity contribution is 7.99. The summed E-state index contributed by atoms with van der Waals surface area (Å²) in [6, 6.07) is 21.2. The molecule has 212 valence electrons. The summed E-state index contributed by atoms with van der Waals surface area (Å²) < 4.78 is 14.1. The van der Waals surface area contributed by atoms with Gasteiger partial charge in [0.2, 0.25) is 11.1 Å². The van der Waals surface area contributed by atoms with E-state index in [-0.39, 0.29) is 5.91 Å². The number of aromatic nitrogens is 3. The van der Waals surface area contributed by atoms with E-state index in [1.165, 1.54) is 5.56 Å². The van der Waals surface area contributed by atoms with E-state index in [1.54, 1.807) is 16.4 Å². The van der Waals surface area contributed by atoms with Crippen LogP contribution in [0.4, 0.5) is 11.6 Å². The fourth-order valence-electron chi connectivity index (χ4n) is 4.86. The molecule has 9 heteroatoms. The minimum Gasteiger partial charge on any atom is -0.490 e. The summed E-state index contributed by atoms with van der Waals surface area (Å²) in [6.07, 6.45) is 0. The summed E-state index contributed by atoms with van der Waals surface area (Å²) in [5.74, 6) is 2.46. The van der Waals surface area contributed by atoms with Crippen LogP contribution in [0.1, 0.15) is 49.1 Å². The van der Waals surface area contributed by atoms with E-state index in [1.807, 2.05) is 75.4 Å². The SMILES string of the molecule is CCOc1cc(C2C(C(=O)Nc3cccc(C)c3)=C(C)Nc3nc(SCC)nn32)ccc1OCc1ccccc1C. The van der Waals surface area contributed by atoms with Gasteiger partial charge in [-0.1, -0.05) is 61.2 Å². The lowest BCUT2D eigenvalue weighted by Gasteiger charge is -2.29. The van der Waals surface area contributed by atoms with Crippen LogP contribution in [-0.2, 0) is 11.4 Å². The molecule has 0 radical (unpaired) electrons. The van der Waals surface area contributed by atoms with Crippen molar-refractivity contribution >= 4 is 29.3 Å². The van der Waals surface area contributed by atoms with Gasteiger partial charge in [0.05, 0.1) is 12.2 Å². The van der Waals surface area contributed by atoms with Crippen molar-refractivity contribution in [3.8, 4) is 11.5 Å². The van der Waals surface area contributed by atoms with Crippen LogP contribution in [0, 0.1) is 13.8 Å². The van der Waals surface area contributed by atoms with Gasteiger partial charge in [0.25, 0.3) is 5.91 Å². The van der Waals surface area contributed by atoms with Gasteiger partial charge >= 0.3 is 0 Å². The molecule has 1 atom stereocenters.